The van der Waals surface area contributed by atoms with Crippen molar-refractivity contribution in [1.82, 2.24) is 0 Å². The monoisotopic (exact) mass is 251 g/mol. The highest BCUT2D eigenvalue weighted by molar-refractivity contribution is 7.10. The van der Waals surface area contributed by atoms with Gasteiger partial charge in [-0.1, -0.05) is 38.0 Å². The lowest BCUT2D eigenvalue weighted by molar-refractivity contribution is 0.118. The zero-order valence-corrected chi connectivity index (χ0v) is 11.3. The molecule has 1 rings (SSSR count). The summed E-state index contributed by atoms with van der Waals surface area (Å²) in [7, 11) is 0. The molecule has 0 amide bonds. The van der Waals surface area contributed by atoms with Crippen LogP contribution in [0.4, 0.5) is 0 Å². The van der Waals surface area contributed by atoms with Crippen molar-refractivity contribution < 1.29 is 4.74 Å². The normalized spacial score (nSPS) is 10.0. The maximum Gasteiger partial charge on any atom is 0.0821 e. The van der Waals surface area contributed by atoms with Crippen LogP contribution in [-0.4, -0.2) is 13.2 Å². The third-order valence-corrected chi connectivity index (χ3v) is 3.34. The van der Waals surface area contributed by atoms with Crippen molar-refractivity contribution in [3.05, 3.63) is 21.9 Å². The Bertz CT molecular complexity index is 362. The van der Waals surface area contributed by atoms with Crippen LogP contribution in [0, 0.1) is 11.8 Å². The van der Waals surface area contributed by atoms with Crippen molar-refractivity contribution in [2.75, 3.05) is 13.2 Å². The standard InChI is InChI=1S/C14H21NOS/c1-2-3-4-5-10-16-12-14-13(7-6-9-15)8-11-17-14/h8,11H,2-5,9-10,12,15H2,1H3. The third-order valence-electron chi connectivity index (χ3n) is 2.45. The van der Waals surface area contributed by atoms with E-state index in [1.807, 2.05) is 6.07 Å². The minimum atomic E-state index is 0.410. The lowest BCUT2D eigenvalue weighted by Crippen LogP contribution is -1.96. The number of hydrogen-bond acceptors (Lipinski definition) is 3. The van der Waals surface area contributed by atoms with Gasteiger partial charge in [-0.3, -0.25) is 0 Å². The molecule has 0 aliphatic rings. The van der Waals surface area contributed by atoms with E-state index >= 15 is 0 Å². The molecule has 1 heterocycles. The summed E-state index contributed by atoms with van der Waals surface area (Å²) in [5, 5.41) is 2.05. The maximum atomic E-state index is 5.66. The Balaban J connectivity index is 2.24. The van der Waals surface area contributed by atoms with Gasteiger partial charge in [-0.25, -0.2) is 0 Å². The molecule has 3 heteroatoms. The number of nitrogens with two attached hydrogens (primary N) is 1. The molecule has 0 bridgehead atoms. The predicted molar refractivity (Wildman–Crippen MR) is 74.0 cm³/mol. The van der Waals surface area contributed by atoms with E-state index < -0.39 is 0 Å². The zero-order valence-electron chi connectivity index (χ0n) is 10.5. The third kappa shape index (κ3) is 5.88. The van der Waals surface area contributed by atoms with E-state index in [0.29, 0.717) is 13.2 Å². The second-order valence-corrected chi connectivity index (χ2v) is 4.88. The Kier molecular flexibility index (Phi) is 7.74. The Hall–Kier alpha value is -0.820. The minimum Gasteiger partial charge on any atom is -0.376 e. The molecule has 0 atom stereocenters. The quantitative estimate of drug-likeness (QED) is 0.597. The fourth-order valence-corrected chi connectivity index (χ4v) is 2.27. The first-order valence-corrected chi connectivity index (χ1v) is 7.09. The molecule has 0 saturated carbocycles. The summed E-state index contributed by atoms with van der Waals surface area (Å²) in [6.07, 6.45) is 4.99. The van der Waals surface area contributed by atoms with Gasteiger partial charge in [-0.05, 0) is 17.9 Å². The molecule has 17 heavy (non-hydrogen) atoms. The molecule has 0 aromatic carbocycles. The molecule has 0 unspecified atom stereocenters. The lowest BCUT2D eigenvalue weighted by atomic mass is 10.2. The minimum absolute atomic E-state index is 0.410. The van der Waals surface area contributed by atoms with Crippen molar-refractivity contribution in [3.63, 3.8) is 0 Å². The van der Waals surface area contributed by atoms with Crippen LogP contribution in [0.15, 0.2) is 11.4 Å². The van der Waals surface area contributed by atoms with Crippen LogP contribution in [0.1, 0.15) is 43.0 Å². The molecule has 2 nitrogen and oxygen atoms in total. The van der Waals surface area contributed by atoms with Crippen molar-refractivity contribution in [3.8, 4) is 11.8 Å². The van der Waals surface area contributed by atoms with Gasteiger partial charge in [-0.15, -0.1) is 11.3 Å². The number of thiophene rings is 1. The topological polar surface area (TPSA) is 35.2 Å². The molecule has 1 aromatic heterocycles. The fourth-order valence-electron chi connectivity index (χ4n) is 1.51. The molecule has 94 valence electrons. The van der Waals surface area contributed by atoms with Gasteiger partial charge >= 0.3 is 0 Å². The molecule has 2 N–H and O–H groups in total. The first kappa shape index (κ1) is 14.2. The van der Waals surface area contributed by atoms with Crippen LogP contribution in [-0.2, 0) is 11.3 Å². The first-order valence-electron chi connectivity index (χ1n) is 6.21. The zero-order chi connectivity index (χ0) is 12.3. The summed E-state index contributed by atoms with van der Waals surface area (Å²) < 4.78 is 5.66. The smallest absolute Gasteiger partial charge is 0.0821 e. The van der Waals surface area contributed by atoms with Crippen LogP contribution in [0.3, 0.4) is 0 Å². The molecule has 0 radical (unpaired) electrons. The maximum absolute atomic E-state index is 5.66. The second-order valence-electron chi connectivity index (χ2n) is 3.88. The summed E-state index contributed by atoms with van der Waals surface area (Å²) >= 11 is 1.70. The molecule has 0 saturated heterocycles. The number of rotatable bonds is 7. The molecule has 0 fully saturated rings. The lowest BCUT2D eigenvalue weighted by Gasteiger charge is -2.02. The average Bonchev–Trinajstić information content (AvgIpc) is 2.78. The van der Waals surface area contributed by atoms with Crippen LogP contribution < -0.4 is 5.73 Å². The van der Waals surface area contributed by atoms with Gasteiger partial charge in [0.2, 0.25) is 0 Å². The van der Waals surface area contributed by atoms with E-state index in [1.165, 1.54) is 24.1 Å². The summed E-state index contributed by atoms with van der Waals surface area (Å²) in [5.74, 6) is 5.95. The van der Waals surface area contributed by atoms with Crippen molar-refractivity contribution in [2.24, 2.45) is 5.73 Å². The Morgan fingerprint density at radius 2 is 2.24 bits per heavy atom. The molecule has 0 spiro atoms. The van der Waals surface area contributed by atoms with Gasteiger partial charge in [0.25, 0.3) is 0 Å². The van der Waals surface area contributed by atoms with Gasteiger partial charge in [0, 0.05) is 17.0 Å². The van der Waals surface area contributed by atoms with E-state index in [2.05, 4.69) is 24.1 Å². The van der Waals surface area contributed by atoms with Gasteiger partial charge < -0.3 is 10.5 Å². The van der Waals surface area contributed by atoms with Crippen molar-refractivity contribution in [2.45, 2.75) is 39.2 Å². The van der Waals surface area contributed by atoms with E-state index in [4.69, 9.17) is 10.5 Å². The Labute approximate surface area is 108 Å². The molecular weight excluding hydrogens is 230 g/mol. The summed E-state index contributed by atoms with van der Waals surface area (Å²) in [6, 6.07) is 2.03. The first-order chi connectivity index (χ1) is 8.38. The Morgan fingerprint density at radius 1 is 1.35 bits per heavy atom. The SMILES string of the molecule is CCCCCCOCc1sccc1C#CCN. The average molecular weight is 251 g/mol. The second kappa shape index (κ2) is 9.23. The largest absolute Gasteiger partial charge is 0.376 e. The van der Waals surface area contributed by atoms with E-state index in [9.17, 15) is 0 Å². The van der Waals surface area contributed by atoms with Gasteiger partial charge in [0.05, 0.1) is 13.2 Å². The van der Waals surface area contributed by atoms with Crippen molar-refractivity contribution in [1.29, 1.82) is 0 Å². The molecule has 1 aromatic rings. The van der Waals surface area contributed by atoms with Crippen LogP contribution in [0.2, 0.25) is 0 Å². The van der Waals surface area contributed by atoms with Crippen LogP contribution in [0.25, 0.3) is 0 Å². The summed E-state index contributed by atoms with van der Waals surface area (Å²) in [6.45, 7) is 4.15. The van der Waals surface area contributed by atoms with Gasteiger partial charge in [0.1, 0.15) is 0 Å². The van der Waals surface area contributed by atoms with Crippen LogP contribution in [0.5, 0.6) is 0 Å². The van der Waals surface area contributed by atoms with E-state index in [-0.39, 0.29) is 0 Å². The summed E-state index contributed by atoms with van der Waals surface area (Å²) in [4.78, 5) is 1.21. The molecule has 0 aliphatic heterocycles. The predicted octanol–water partition coefficient (Wildman–Crippen LogP) is 3.16. The molecular formula is C14H21NOS. The van der Waals surface area contributed by atoms with Gasteiger partial charge in [-0.2, -0.15) is 0 Å². The number of hydrogen-bond donors (Lipinski definition) is 1. The highest BCUT2D eigenvalue weighted by Gasteiger charge is 2.01. The van der Waals surface area contributed by atoms with Gasteiger partial charge in [0.15, 0.2) is 0 Å². The number of ether oxygens (including phenoxy) is 1. The van der Waals surface area contributed by atoms with Crippen molar-refractivity contribution >= 4 is 11.3 Å². The van der Waals surface area contributed by atoms with Crippen LogP contribution >= 0.6 is 11.3 Å². The Morgan fingerprint density at radius 3 is 3.00 bits per heavy atom. The number of unbranched alkanes of at least 4 members (excludes halogenated alkanes) is 3. The molecule has 0 aliphatic carbocycles. The fraction of sp³-hybridized carbons (Fsp3) is 0.571. The van der Waals surface area contributed by atoms with E-state index in [1.54, 1.807) is 11.3 Å². The highest BCUT2D eigenvalue weighted by atomic mass is 32.1. The summed E-state index contributed by atoms with van der Waals surface area (Å²) in [5.41, 5.74) is 6.43. The highest BCUT2D eigenvalue weighted by Crippen LogP contribution is 2.17. The van der Waals surface area contributed by atoms with E-state index in [0.717, 1.165) is 18.6 Å².